The van der Waals surface area contributed by atoms with Crippen molar-refractivity contribution in [3.05, 3.63) is 44.3 Å². The van der Waals surface area contributed by atoms with Crippen molar-refractivity contribution in [1.82, 2.24) is 0 Å². The molecule has 0 fully saturated rings. The monoisotopic (exact) mass is 236 g/mol. The van der Waals surface area contributed by atoms with Crippen LogP contribution >= 0.6 is 11.6 Å². The van der Waals surface area contributed by atoms with Gasteiger partial charge in [-0.15, -0.1) is 0 Å². The van der Waals surface area contributed by atoms with Crippen molar-refractivity contribution in [1.29, 1.82) is 0 Å². The maximum atomic E-state index is 11.4. The molecule has 0 spiro atoms. The smallest absolute Gasteiger partial charge is 0.348 e. The SMILES string of the molecule is Cc1cc2oc(=O)c(C=O)c(Cl)c2cc1C. The molecule has 0 unspecified atom stereocenters. The van der Waals surface area contributed by atoms with Crippen molar-refractivity contribution in [3.8, 4) is 0 Å². The van der Waals surface area contributed by atoms with E-state index in [-0.39, 0.29) is 10.6 Å². The quantitative estimate of drug-likeness (QED) is 0.565. The van der Waals surface area contributed by atoms with Crippen molar-refractivity contribution < 1.29 is 9.21 Å². The minimum atomic E-state index is -0.698. The molecule has 0 N–H and O–H groups in total. The normalized spacial score (nSPS) is 10.7. The number of hydrogen-bond acceptors (Lipinski definition) is 3. The van der Waals surface area contributed by atoms with E-state index in [0.717, 1.165) is 11.1 Å². The van der Waals surface area contributed by atoms with Crippen LogP contribution < -0.4 is 5.63 Å². The predicted molar refractivity (Wildman–Crippen MR) is 62.4 cm³/mol. The van der Waals surface area contributed by atoms with Gasteiger partial charge >= 0.3 is 5.63 Å². The molecule has 0 amide bonds. The molecule has 0 aliphatic rings. The van der Waals surface area contributed by atoms with Crippen LogP contribution in [0.2, 0.25) is 5.02 Å². The van der Waals surface area contributed by atoms with E-state index in [0.29, 0.717) is 17.3 Å². The molecule has 0 atom stereocenters. The van der Waals surface area contributed by atoms with E-state index in [1.165, 1.54) is 0 Å². The second kappa shape index (κ2) is 3.76. The number of halogens is 1. The molecule has 0 radical (unpaired) electrons. The molecule has 16 heavy (non-hydrogen) atoms. The fraction of sp³-hybridized carbons (Fsp3) is 0.167. The third kappa shape index (κ3) is 1.53. The first-order chi connectivity index (χ1) is 7.54. The fourth-order valence-corrected chi connectivity index (χ4v) is 1.80. The number of carbonyl (C=O) groups excluding carboxylic acids is 1. The van der Waals surface area contributed by atoms with Crippen LogP contribution in [0.3, 0.4) is 0 Å². The lowest BCUT2D eigenvalue weighted by molar-refractivity contribution is 0.112. The third-order valence-electron chi connectivity index (χ3n) is 2.61. The highest BCUT2D eigenvalue weighted by atomic mass is 35.5. The largest absolute Gasteiger partial charge is 0.422 e. The summed E-state index contributed by atoms with van der Waals surface area (Å²) in [4.78, 5) is 22.1. The summed E-state index contributed by atoms with van der Waals surface area (Å²) in [6.45, 7) is 3.84. The second-order valence-electron chi connectivity index (χ2n) is 3.67. The van der Waals surface area contributed by atoms with Gasteiger partial charge in [-0.1, -0.05) is 11.6 Å². The first kappa shape index (κ1) is 10.9. The Labute approximate surface area is 96.6 Å². The lowest BCUT2D eigenvalue weighted by Crippen LogP contribution is -2.07. The van der Waals surface area contributed by atoms with Crippen LogP contribution in [-0.2, 0) is 0 Å². The van der Waals surface area contributed by atoms with Gasteiger partial charge in [-0.3, -0.25) is 4.79 Å². The van der Waals surface area contributed by atoms with Gasteiger partial charge in [0.2, 0.25) is 0 Å². The Morgan fingerprint density at radius 1 is 1.25 bits per heavy atom. The number of rotatable bonds is 1. The summed E-state index contributed by atoms with van der Waals surface area (Å²) in [5, 5.41) is 0.746. The van der Waals surface area contributed by atoms with Gasteiger partial charge in [-0.25, -0.2) is 4.79 Å². The van der Waals surface area contributed by atoms with Gasteiger partial charge in [0, 0.05) is 5.39 Å². The van der Waals surface area contributed by atoms with Crippen LogP contribution in [0.5, 0.6) is 0 Å². The molecular weight excluding hydrogens is 228 g/mol. The van der Waals surface area contributed by atoms with Crippen LogP contribution in [0, 0.1) is 13.8 Å². The lowest BCUT2D eigenvalue weighted by Gasteiger charge is -2.05. The minimum Gasteiger partial charge on any atom is -0.422 e. The summed E-state index contributed by atoms with van der Waals surface area (Å²) >= 11 is 5.98. The van der Waals surface area contributed by atoms with E-state index in [1.807, 2.05) is 19.9 Å². The molecule has 4 heteroatoms. The Morgan fingerprint density at radius 2 is 1.88 bits per heavy atom. The van der Waals surface area contributed by atoms with Gasteiger partial charge in [0.15, 0.2) is 6.29 Å². The predicted octanol–water partition coefficient (Wildman–Crippen LogP) is 2.88. The maximum Gasteiger partial charge on any atom is 0.348 e. The highest BCUT2D eigenvalue weighted by Gasteiger charge is 2.12. The Kier molecular flexibility index (Phi) is 2.56. The number of fused-ring (bicyclic) bond motifs is 1. The molecule has 1 aromatic heterocycles. The number of aryl methyl sites for hydroxylation is 2. The van der Waals surface area contributed by atoms with Crippen molar-refractivity contribution in [2.24, 2.45) is 0 Å². The Hall–Kier alpha value is -1.61. The Morgan fingerprint density at radius 3 is 2.50 bits per heavy atom. The van der Waals surface area contributed by atoms with E-state index in [2.05, 4.69) is 0 Å². The molecule has 1 aromatic carbocycles. The van der Waals surface area contributed by atoms with Crippen molar-refractivity contribution in [2.45, 2.75) is 13.8 Å². The van der Waals surface area contributed by atoms with Gasteiger partial charge in [-0.05, 0) is 37.1 Å². The number of aldehydes is 1. The van der Waals surface area contributed by atoms with Gasteiger partial charge < -0.3 is 4.42 Å². The molecule has 82 valence electrons. The topological polar surface area (TPSA) is 47.3 Å². The van der Waals surface area contributed by atoms with E-state index < -0.39 is 5.63 Å². The number of benzene rings is 1. The molecule has 0 bridgehead atoms. The van der Waals surface area contributed by atoms with Crippen molar-refractivity contribution >= 4 is 28.9 Å². The van der Waals surface area contributed by atoms with Crippen molar-refractivity contribution in [3.63, 3.8) is 0 Å². The molecule has 0 saturated heterocycles. The van der Waals surface area contributed by atoms with Crippen LogP contribution in [0.1, 0.15) is 21.5 Å². The highest BCUT2D eigenvalue weighted by molar-refractivity contribution is 6.37. The van der Waals surface area contributed by atoms with Crippen LogP contribution in [0.15, 0.2) is 21.3 Å². The molecular formula is C12H9ClO3. The maximum absolute atomic E-state index is 11.4. The molecule has 3 nitrogen and oxygen atoms in total. The zero-order valence-corrected chi connectivity index (χ0v) is 9.59. The van der Waals surface area contributed by atoms with Crippen LogP contribution in [0.4, 0.5) is 0 Å². The Bertz CT molecular complexity index is 641. The van der Waals surface area contributed by atoms with Crippen LogP contribution in [0.25, 0.3) is 11.0 Å². The van der Waals surface area contributed by atoms with Gasteiger partial charge in [0.05, 0.1) is 5.02 Å². The second-order valence-corrected chi connectivity index (χ2v) is 4.05. The summed E-state index contributed by atoms with van der Waals surface area (Å²) < 4.78 is 5.03. The van der Waals surface area contributed by atoms with Gasteiger partial charge in [0.25, 0.3) is 0 Å². The number of carbonyl (C=O) groups is 1. The summed E-state index contributed by atoms with van der Waals surface area (Å²) in [5.41, 5.74) is 1.61. The summed E-state index contributed by atoms with van der Waals surface area (Å²) in [5.74, 6) is 0. The summed E-state index contributed by atoms with van der Waals surface area (Å²) in [6, 6.07) is 3.55. The van der Waals surface area contributed by atoms with Crippen LogP contribution in [-0.4, -0.2) is 6.29 Å². The Balaban J connectivity index is 2.99. The van der Waals surface area contributed by atoms with E-state index in [9.17, 15) is 9.59 Å². The molecule has 0 aliphatic heterocycles. The van der Waals surface area contributed by atoms with E-state index in [1.54, 1.807) is 6.07 Å². The van der Waals surface area contributed by atoms with E-state index >= 15 is 0 Å². The molecule has 1 heterocycles. The molecule has 0 saturated carbocycles. The molecule has 0 aliphatic carbocycles. The third-order valence-corrected chi connectivity index (χ3v) is 3.02. The zero-order chi connectivity index (χ0) is 11.9. The lowest BCUT2D eigenvalue weighted by atomic mass is 10.1. The fourth-order valence-electron chi connectivity index (χ4n) is 1.54. The minimum absolute atomic E-state index is 0.127. The average Bonchev–Trinajstić information content (AvgIpc) is 2.22. The van der Waals surface area contributed by atoms with Gasteiger partial charge in [0.1, 0.15) is 11.1 Å². The molecule has 2 aromatic rings. The summed E-state index contributed by atoms with van der Waals surface area (Å²) in [6.07, 6.45) is 0.419. The first-order valence-electron chi connectivity index (χ1n) is 4.73. The first-order valence-corrected chi connectivity index (χ1v) is 5.11. The zero-order valence-electron chi connectivity index (χ0n) is 8.83. The van der Waals surface area contributed by atoms with Crippen molar-refractivity contribution in [2.75, 3.05) is 0 Å². The van der Waals surface area contributed by atoms with E-state index in [4.69, 9.17) is 16.0 Å². The standard InChI is InChI=1S/C12H9ClO3/c1-6-3-8-10(4-7(6)2)16-12(15)9(5-14)11(8)13/h3-5H,1-2H3. The highest BCUT2D eigenvalue weighted by Crippen LogP contribution is 2.26. The average molecular weight is 237 g/mol. The summed E-state index contributed by atoms with van der Waals surface area (Å²) in [7, 11) is 0. The number of hydrogen-bond donors (Lipinski definition) is 0. The molecule has 2 rings (SSSR count). The van der Waals surface area contributed by atoms with Gasteiger partial charge in [-0.2, -0.15) is 0 Å².